The van der Waals surface area contributed by atoms with E-state index in [1.165, 1.54) is 0 Å². The second kappa shape index (κ2) is 10.5. The highest BCUT2D eigenvalue weighted by atomic mass is 19.2. The largest absolute Gasteiger partial charge is 0.391 e. The second-order valence-electron chi connectivity index (χ2n) is 10.7. The number of carbonyl (C=O) groups is 1. The lowest BCUT2D eigenvalue weighted by atomic mass is 9.69. The predicted molar refractivity (Wildman–Crippen MR) is 149 cm³/mol. The molecule has 6 nitrogen and oxygen atoms in total. The molecule has 1 aliphatic carbocycles. The number of rotatable bonds is 4. The number of pyridine rings is 1. The summed E-state index contributed by atoms with van der Waals surface area (Å²) in [7, 11) is 0. The van der Waals surface area contributed by atoms with Gasteiger partial charge in [0.2, 0.25) is 0 Å². The zero-order chi connectivity index (χ0) is 28.6. The first-order valence-electron chi connectivity index (χ1n) is 12.9. The van der Waals surface area contributed by atoms with Gasteiger partial charge in [-0.05, 0) is 65.8 Å². The van der Waals surface area contributed by atoms with Crippen LogP contribution in [0.25, 0.3) is 22.5 Å². The van der Waals surface area contributed by atoms with E-state index in [0.717, 1.165) is 28.8 Å². The van der Waals surface area contributed by atoms with Crippen molar-refractivity contribution in [3.8, 4) is 28.6 Å². The molecule has 1 heterocycles. The number of aliphatic hydroxyl groups is 1. The monoisotopic (exact) mass is 538 g/mol. The molecule has 0 saturated heterocycles. The summed E-state index contributed by atoms with van der Waals surface area (Å²) in [6.07, 6.45) is -0.760. The third-order valence-electron chi connectivity index (χ3n) is 7.32. The van der Waals surface area contributed by atoms with Crippen molar-refractivity contribution in [3.05, 3.63) is 107 Å². The summed E-state index contributed by atoms with van der Waals surface area (Å²) in [6, 6.07) is 21.0. The number of urea groups is 1. The molecule has 2 amide bonds. The third kappa shape index (κ3) is 5.16. The summed E-state index contributed by atoms with van der Waals surface area (Å²) >= 11 is 0. The Bertz CT molecular complexity index is 1650. The molecule has 5 rings (SSSR count). The van der Waals surface area contributed by atoms with Crippen molar-refractivity contribution in [2.24, 2.45) is 0 Å². The maximum atomic E-state index is 14.2. The van der Waals surface area contributed by atoms with Crippen LogP contribution in [0.4, 0.5) is 19.3 Å². The van der Waals surface area contributed by atoms with Crippen LogP contribution in [0, 0.1) is 29.9 Å². The van der Waals surface area contributed by atoms with E-state index in [2.05, 4.69) is 16.7 Å². The standard InChI is InChI=1S/C32H28F2N4O2/c1-18-12-26(29(20-9-5-4-6-10-20)37-28(18)21-11-7-8-19(13-21)17-35)36-31(40)38-30-22-14-24(33)25(34)15-23(22)32(2,3)16-27(30)39/h4-15,27,30,39H,16H2,1-3H3,(H2,36,38,40)/t27-,30?/m1/s1. The molecule has 40 heavy (non-hydrogen) atoms. The number of nitrogens with zero attached hydrogens (tertiary/aromatic N) is 2. The molecule has 0 radical (unpaired) electrons. The number of aromatic nitrogens is 1. The number of hydrogen-bond donors (Lipinski definition) is 3. The molecule has 8 heteroatoms. The van der Waals surface area contributed by atoms with Gasteiger partial charge in [-0.3, -0.25) is 0 Å². The highest BCUT2D eigenvalue weighted by Gasteiger charge is 2.40. The number of hydrogen-bond acceptors (Lipinski definition) is 4. The average Bonchev–Trinajstić information content (AvgIpc) is 2.92. The van der Waals surface area contributed by atoms with Crippen LogP contribution in [0.1, 0.15) is 48.6 Å². The molecule has 1 aromatic heterocycles. The molecule has 1 unspecified atom stereocenters. The quantitative estimate of drug-likeness (QED) is 0.267. The van der Waals surface area contributed by atoms with Gasteiger partial charge in [0.15, 0.2) is 11.6 Å². The van der Waals surface area contributed by atoms with Crippen molar-refractivity contribution in [3.63, 3.8) is 0 Å². The number of amides is 2. The van der Waals surface area contributed by atoms with E-state index in [-0.39, 0.29) is 6.42 Å². The minimum atomic E-state index is -1.04. The first kappa shape index (κ1) is 27.0. The van der Waals surface area contributed by atoms with Crippen molar-refractivity contribution >= 4 is 11.7 Å². The zero-order valence-corrected chi connectivity index (χ0v) is 22.3. The fourth-order valence-corrected chi connectivity index (χ4v) is 5.39. The van der Waals surface area contributed by atoms with E-state index < -0.39 is 35.2 Å². The van der Waals surface area contributed by atoms with Gasteiger partial charge in [-0.2, -0.15) is 5.26 Å². The van der Waals surface area contributed by atoms with Crippen LogP contribution in [0.3, 0.4) is 0 Å². The topological polar surface area (TPSA) is 98.0 Å². The molecule has 2 atom stereocenters. The predicted octanol–water partition coefficient (Wildman–Crippen LogP) is 6.78. The Hall–Kier alpha value is -4.61. The molecule has 202 valence electrons. The van der Waals surface area contributed by atoms with Gasteiger partial charge in [-0.1, -0.05) is 56.3 Å². The van der Waals surface area contributed by atoms with Gasteiger partial charge >= 0.3 is 6.03 Å². The number of aliphatic hydroxyl groups excluding tert-OH is 1. The summed E-state index contributed by atoms with van der Waals surface area (Å²) < 4.78 is 28.3. The maximum absolute atomic E-state index is 14.2. The van der Waals surface area contributed by atoms with Crippen LogP contribution < -0.4 is 10.6 Å². The summed E-state index contributed by atoms with van der Waals surface area (Å²) in [5.74, 6) is -2.01. The molecule has 0 bridgehead atoms. The number of carbonyl (C=O) groups excluding carboxylic acids is 1. The zero-order valence-electron chi connectivity index (χ0n) is 22.3. The maximum Gasteiger partial charge on any atom is 0.319 e. The number of nitrogens with one attached hydrogen (secondary N) is 2. The minimum absolute atomic E-state index is 0.252. The smallest absolute Gasteiger partial charge is 0.319 e. The average molecular weight is 539 g/mol. The first-order valence-corrected chi connectivity index (χ1v) is 12.9. The van der Waals surface area contributed by atoms with E-state index in [0.29, 0.717) is 33.8 Å². The van der Waals surface area contributed by atoms with Gasteiger partial charge < -0.3 is 15.7 Å². The van der Waals surface area contributed by atoms with Gasteiger partial charge in [-0.15, -0.1) is 0 Å². The van der Waals surface area contributed by atoms with E-state index in [1.807, 2.05) is 57.2 Å². The van der Waals surface area contributed by atoms with Gasteiger partial charge in [0, 0.05) is 11.1 Å². The molecular formula is C32H28F2N4O2. The lowest BCUT2D eigenvalue weighted by Gasteiger charge is -2.40. The molecule has 3 N–H and O–H groups in total. The molecule has 0 aliphatic heterocycles. The van der Waals surface area contributed by atoms with Crippen molar-refractivity contribution in [1.29, 1.82) is 5.26 Å². The van der Waals surface area contributed by atoms with Crippen LogP contribution in [0.2, 0.25) is 0 Å². The van der Waals surface area contributed by atoms with Crippen molar-refractivity contribution < 1.29 is 18.7 Å². The summed E-state index contributed by atoms with van der Waals surface area (Å²) in [5, 5.41) is 25.9. The Labute approximate surface area is 231 Å². The molecule has 0 fully saturated rings. The minimum Gasteiger partial charge on any atom is -0.391 e. The third-order valence-corrected chi connectivity index (χ3v) is 7.32. The number of benzene rings is 3. The number of nitriles is 1. The summed E-state index contributed by atoms with van der Waals surface area (Å²) in [6.45, 7) is 5.55. The summed E-state index contributed by atoms with van der Waals surface area (Å²) in [5.41, 5.74) is 4.67. The van der Waals surface area contributed by atoms with Crippen molar-refractivity contribution in [1.82, 2.24) is 10.3 Å². The van der Waals surface area contributed by atoms with E-state index >= 15 is 0 Å². The Morgan fingerprint density at radius 1 is 1.00 bits per heavy atom. The normalized spacial score (nSPS) is 17.4. The molecule has 0 spiro atoms. The second-order valence-corrected chi connectivity index (χ2v) is 10.7. The lowest BCUT2D eigenvalue weighted by Crippen LogP contribution is -2.45. The lowest BCUT2D eigenvalue weighted by molar-refractivity contribution is 0.0878. The molecule has 3 aromatic carbocycles. The Morgan fingerprint density at radius 2 is 1.70 bits per heavy atom. The number of anilines is 1. The highest BCUT2D eigenvalue weighted by molar-refractivity contribution is 5.94. The molecule has 4 aromatic rings. The number of fused-ring (bicyclic) bond motifs is 1. The highest BCUT2D eigenvalue weighted by Crippen LogP contribution is 2.42. The molecule has 1 aliphatic rings. The molecular weight excluding hydrogens is 510 g/mol. The number of aryl methyl sites for hydroxylation is 1. The van der Waals surface area contributed by atoms with E-state index in [1.54, 1.807) is 24.3 Å². The van der Waals surface area contributed by atoms with Gasteiger partial charge in [0.25, 0.3) is 0 Å². The molecule has 0 saturated carbocycles. The Morgan fingerprint density at radius 3 is 2.42 bits per heavy atom. The fraction of sp³-hybridized carbons (Fsp3) is 0.219. The summed E-state index contributed by atoms with van der Waals surface area (Å²) in [4.78, 5) is 18.2. The van der Waals surface area contributed by atoms with Crippen molar-refractivity contribution in [2.75, 3.05) is 5.32 Å². The van der Waals surface area contributed by atoms with Gasteiger partial charge in [0.1, 0.15) is 0 Å². The fourth-order valence-electron chi connectivity index (χ4n) is 5.39. The van der Waals surface area contributed by atoms with Crippen LogP contribution in [-0.2, 0) is 5.41 Å². The van der Waals surface area contributed by atoms with Crippen LogP contribution in [0.5, 0.6) is 0 Å². The van der Waals surface area contributed by atoms with Crippen LogP contribution in [-0.4, -0.2) is 22.2 Å². The first-order chi connectivity index (χ1) is 19.1. The van der Waals surface area contributed by atoms with Gasteiger partial charge in [0.05, 0.1) is 40.9 Å². The van der Waals surface area contributed by atoms with Crippen LogP contribution in [0.15, 0.2) is 72.8 Å². The number of halogens is 2. The van der Waals surface area contributed by atoms with Crippen molar-refractivity contribution in [2.45, 2.75) is 44.8 Å². The van der Waals surface area contributed by atoms with Crippen LogP contribution >= 0.6 is 0 Å². The Balaban J connectivity index is 1.51. The van der Waals surface area contributed by atoms with E-state index in [4.69, 9.17) is 4.98 Å². The van der Waals surface area contributed by atoms with Gasteiger partial charge in [-0.25, -0.2) is 18.6 Å². The van der Waals surface area contributed by atoms with E-state index in [9.17, 15) is 23.9 Å². The Kier molecular flexibility index (Phi) is 7.09. The SMILES string of the molecule is Cc1cc(NC(=O)NC2c3cc(F)c(F)cc3C(C)(C)C[C@H]2O)c(-c2ccccc2)nc1-c1cccc(C#N)c1.